The van der Waals surface area contributed by atoms with Crippen molar-refractivity contribution in [3.63, 3.8) is 0 Å². The maximum absolute atomic E-state index is 11.5. The van der Waals surface area contributed by atoms with Gasteiger partial charge >= 0.3 is 0 Å². The Morgan fingerprint density at radius 2 is 2.24 bits per heavy atom. The molecule has 1 aromatic carbocycles. The first kappa shape index (κ1) is 12.2. The Morgan fingerprint density at radius 3 is 3.00 bits per heavy atom. The molecule has 1 aromatic heterocycles. The van der Waals surface area contributed by atoms with E-state index in [1.807, 2.05) is 0 Å². The topological polar surface area (TPSA) is 39.4 Å². The van der Waals surface area contributed by atoms with Gasteiger partial charge in [-0.1, -0.05) is 22.9 Å². The second-order valence-electron chi connectivity index (χ2n) is 4.01. The molecule has 90 valence electrons. The van der Waals surface area contributed by atoms with Crippen LogP contribution < -0.4 is 10.2 Å². The van der Waals surface area contributed by atoms with Crippen LogP contribution in [0.4, 0.5) is 0 Å². The van der Waals surface area contributed by atoms with Gasteiger partial charge in [0.1, 0.15) is 11.3 Å². The van der Waals surface area contributed by atoms with Crippen LogP contribution in [0, 0.1) is 5.92 Å². The summed E-state index contributed by atoms with van der Waals surface area (Å²) in [6.07, 6.45) is 1.40. The van der Waals surface area contributed by atoms with Crippen molar-refractivity contribution in [3.05, 3.63) is 40.8 Å². The number of halogens is 1. The SMILES string of the molecule is C[C@H](CBr)COc1ccc2c(=O)ccoc2c1. The van der Waals surface area contributed by atoms with E-state index in [9.17, 15) is 4.79 Å². The minimum atomic E-state index is -0.0355. The van der Waals surface area contributed by atoms with Crippen LogP contribution in [0.25, 0.3) is 11.0 Å². The fourth-order valence-electron chi connectivity index (χ4n) is 1.44. The molecule has 0 aliphatic heterocycles. The first-order chi connectivity index (χ1) is 8.20. The summed E-state index contributed by atoms with van der Waals surface area (Å²) < 4.78 is 10.9. The van der Waals surface area contributed by atoms with Crippen LogP contribution in [-0.4, -0.2) is 11.9 Å². The molecule has 2 aromatic rings. The van der Waals surface area contributed by atoms with Crippen LogP contribution >= 0.6 is 15.9 Å². The fraction of sp³-hybridized carbons (Fsp3) is 0.308. The molecule has 17 heavy (non-hydrogen) atoms. The van der Waals surface area contributed by atoms with Crippen LogP contribution in [-0.2, 0) is 0 Å². The van der Waals surface area contributed by atoms with Crippen molar-refractivity contribution in [2.75, 3.05) is 11.9 Å². The van der Waals surface area contributed by atoms with E-state index in [1.54, 1.807) is 18.2 Å². The molecule has 2 rings (SSSR count). The molecule has 4 heteroatoms. The standard InChI is InChI=1S/C13H13BrO3/c1-9(7-14)8-17-10-2-3-11-12(15)4-5-16-13(11)6-10/h2-6,9H,7-8H2,1H3/t9-/m1/s1. The van der Waals surface area contributed by atoms with Crippen LogP contribution in [0.1, 0.15) is 6.92 Å². The van der Waals surface area contributed by atoms with Crippen LogP contribution in [0.15, 0.2) is 39.7 Å². The van der Waals surface area contributed by atoms with Gasteiger partial charge in [-0.05, 0) is 18.1 Å². The molecule has 0 saturated heterocycles. The third-order valence-electron chi connectivity index (χ3n) is 2.43. The number of alkyl halides is 1. The zero-order chi connectivity index (χ0) is 12.3. The lowest BCUT2D eigenvalue weighted by molar-refractivity contribution is 0.274. The number of ether oxygens (including phenoxy) is 1. The summed E-state index contributed by atoms with van der Waals surface area (Å²) in [4.78, 5) is 11.5. The van der Waals surface area contributed by atoms with Gasteiger partial charge in [-0.25, -0.2) is 0 Å². The van der Waals surface area contributed by atoms with Gasteiger partial charge in [0, 0.05) is 17.5 Å². The molecule has 0 fully saturated rings. The van der Waals surface area contributed by atoms with Gasteiger partial charge in [-0.3, -0.25) is 4.79 Å². The summed E-state index contributed by atoms with van der Waals surface area (Å²) in [6.45, 7) is 2.73. The lowest BCUT2D eigenvalue weighted by Gasteiger charge is -2.10. The number of benzene rings is 1. The Hall–Kier alpha value is -1.29. The molecule has 0 aliphatic carbocycles. The van der Waals surface area contributed by atoms with E-state index in [0.717, 1.165) is 11.1 Å². The molecule has 0 saturated carbocycles. The van der Waals surface area contributed by atoms with Crippen molar-refractivity contribution in [1.82, 2.24) is 0 Å². The third kappa shape index (κ3) is 2.88. The monoisotopic (exact) mass is 296 g/mol. The molecular formula is C13H13BrO3. The summed E-state index contributed by atoms with van der Waals surface area (Å²) in [5.74, 6) is 1.16. The second kappa shape index (κ2) is 5.36. The normalized spacial score (nSPS) is 12.6. The number of rotatable bonds is 4. The van der Waals surface area contributed by atoms with Gasteiger partial charge in [0.15, 0.2) is 5.43 Å². The summed E-state index contributed by atoms with van der Waals surface area (Å²) in [7, 11) is 0. The minimum Gasteiger partial charge on any atom is -0.493 e. The van der Waals surface area contributed by atoms with Crippen LogP contribution in [0.3, 0.4) is 0 Å². The zero-order valence-corrected chi connectivity index (χ0v) is 11.1. The molecule has 1 atom stereocenters. The number of hydrogen-bond donors (Lipinski definition) is 0. The lowest BCUT2D eigenvalue weighted by Crippen LogP contribution is -2.09. The molecule has 0 amide bonds. The molecule has 0 unspecified atom stereocenters. The van der Waals surface area contributed by atoms with E-state index in [0.29, 0.717) is 23.5 Å². The van der Waals surface area contributed by atoms with Crippen molar-refractivity contribution in [3.8, 4) is 5.75 Å². The molecule has 3 nitrogen and oxygen atoms in total. The molecule has 0 aliphatic rings. The van der Waals surface area contributed by atoms with Gasteiger partial charge in [-0.15, -0.1) is 0 Å². The van der Waals surface area contributed by atoms with Gasteiger partial charge in [-0.2, -0.15) is 0 Å². The first-order valence-electron chi connectivity index (χ1n) is 5.41. The molecule has 0 N–H and O–H groups in total. The summed E-state index contributed by atoms with van der Waals surface area (Å²) in [6, 6.07) is 6.68. The average molecular weight is 297 g/mol. The Balaban J connectivity index is 2.23. The predicted octanol–water partition coefficient (Wildman–Crippen LogP) is 3.20. The van der Waals surface area contributed by atoms with E-state index in [4.69, 9.17) is 9.15 Å². The summed E-state index contributed by atoms with van der Waals surface area (Å²) in [5, 5.41) is 1.48. The summed E-state index contributed by atoms with van der Waals surface area (Å²) >= 11 is 3.40. The van der Waals surface area contributed by atoms with E-state index >= 15 is 0 Å². The van der Waals surface area contributed by atoms with Crippen LogP contribution in [0.2, 0.25) is 0 Å². The Labute approximate surface area is 108 Å². The highest BCUT2D eigenvalue weighted by Gasteiger charge is 2.04. The smallest absolute Gasteiger partial charge is 0.192 e. The van der Waals surface area contributed by atoms with Crippen molar-refractivity contribution < 1.29 is 9.15 Å². The maximum Gasteiger partial charge on any atom is 0.192 e. The number of hydrogen-bond acceptors (Lipinski definition) is 3. The van der Waals surface area contributed by atoms with Crippen molar-refractivity contribution >= 4 is 26.9 Å². The third-order valence-corrected chi connectivity index (χ3v) is 3.54. The highest BCUT2D eigenvalue weighted by atomic mass is 79.9. The number of fused-ring (bicyclic) bond motifs is 1. The van der Waals surface area contributed by atoms with E-state index < -0.39 is 0 Å². The Kier molecular flexibility index (Phi) is 3.84. The molecule has 0 bridgehead atoms. The molecule has 0 spiro atoms. The van der Waals surface area contributed by atoms with E-state index in [1.165, 1.54) is 12.3 Å². The van der Waals surface area contributed by atoms with Gasteiger partial charge in [0.25, 0.3) is 0 Å². The Morgan fingerprint density at radius 1 is 1.41 bits per heavy atom. The van der Waals surface area contributed by atoms with E-state index in [2.05, 4.69) is 22.9 Å². The van der Waals surface area contributed by atoms with E-state index in [-0.39, 0.29) is 5.43 Å². The maximum atomic E-state index is 11.5. The predicted molar refractivity (Wildman–Crippen MR) is 70.9 cm³/mol. The van der Waals surface area contributed by atoms with Crippen molar-refractivity contribution in [2.45, 2.75) is 6.92 Å². The van der Waals surface area contributed by atoms with Gasteiger partial charge < -0.3 is 9.15 Å². The highest BCUT2D eigenvalue weighted by Crippen LogP contribution is 2.19. The minimum absolute atomic E-state index is 0.0355. The van der Waals surface area contributed by atoms with Crippen molar-refractivity contribution in [1.29, 1.82) is 0 Å². The van der Waals surface area contributed by atoms with Crippen molar-refractivity contribution in [2.24, 2.45) is 5.92 Å². The largest absolute Gasteiger partial charge is 0.493 e. The highest BCUT2D eigenvalue weighted by molar-refractivity contribution is 9.09. The fourth-order valence-corrected chi connectivity index (χ4v) is 1.62. The quantitative estimate of drug-likeness (QED) is 0.814. The van der Waals surface area contributed by atoms with Crippen LogP contribution in [0.5, 0.6) is 5.75 Å². The average Bonchev–Trinajstić information content (AvgIpc) is 2.36. The Bertz CT molecular complexity index is 562. The van der Waals surface area contributed by atoms with Gasteiger partial charge in [0.2, 0.25) is 0 Å². The molecule has 0 radical (unpaired) electrons. The summed E-state index contributed by atoms with van der Waals surface area (Å²) in [5.41, 5.74) is 0.521. The van der Waals surface area contributed by atoms with Gasteiger partial charge in [0.05, 0.1) is 18.3 Å². The molecule has 1 heterocycles. The lowest BCUT2D eigenvalue weighted by atomic mass is 10.2. The first-order valence-corrected chi connectivity index (χ1v) is 6.53. The molecular weight excluding hydrogens is 284 g/mol. The second-order valence-corrected chi connectivity index (χ2v) is 4.66. The zero-order valence-electron chi connectivity index (χ0n) is 9.48.